The Bertz CT molecular complexity index is 399. The van der Waals surface area contributed by atoms with E-state index in [2.05, 4.69) is 22.8 Å². The third-order valence-electron chi connectivity index (χ3n) is 4.02. The molecule has 2 heterocycles. The molecule has 0 bridgehead atoms. The van der Waals surface area contributed by atoms with Gasteiger partial charge in [-0.2, -0.15) is 0 Å². The molecule has 3 rings (SSSR count). The van der Waals surface area contributed by atoms with Gasteiger partial charge in [-0.15, -0.1) is 0 Å². The van der Waals surface area contributed by atoms with E-state index in [0.29, 0.717) is 12.0 Å². The van der Waals surface area contributed by atoms with E-state index in [0.717, 1.165) is 12.3 Å². The molecule has 3 heteroatoms. The maximum Gasteiger partial charge on any atom is 0.142 e. The van der Waals surface area contributed by atoms with Crippen LogP contribution in [0.3, 0.4) is 0 Å². The second-order valence-corrected chi connectivity index (χ2v) is 4.95. The zero-order valence-electron chi connectivity index (χ0n) is 10.3. The van der Waals surface area contributed by atoms with Crippen LogP contribution in [0.5, 0.6) is 5.75 Å². The van der Waals surface area contributed by atoms with Crippen LogP contribution >= 0.6 is 0 Å². The summed E-state index contributed by atoms with van der Waals surface area (Å²) >= 11 is 0. The van der Waals surface area contributed by atoms with Crippen LogP contribution in [0.1, 0.15) is 30.7 Å². The Morgan fingerprint density at radius 1 is 1.24 bits per heavy atom. The SMILES string of the molecule is COc1cccc2c1NCCC2C1CCCN1. The molecule has 1 saturated heterocycles. The first kappa shape index (κ1) is 10.9. The summed E-state index contributed by atoms with van der Waals surface area (Å²) in [6.45, 7) is 2.23. The monoisotopic (exact) mass is 232 g/mol. The number of methoxy groups -OCH3 is 1. The van der Waals surface area contributed by atoms with Crippen LogP contribution in [0.15, 0.2) is 18.2 Å². The van der Waals surface area contributed by atoms with Gasteiger partial charge in [-0.25, -0.2) is 0 Å². The van der Waals surface area contributed by atoms with E-state index < -0.39 is 0 Å². The zero-order chi connectivity index (χ0) is 11.7. The van der Waals surface area contributed by atoms with Gasteiger partial charge in [-0.05, 0) is 37.4 Å². The zero-order valence-corrected chi connectivity index (χ0v) is 10.3. The van der Waals surface area contributed by atoms with Crippen molar-refractivity contribution in [1.29, 1.82) is 0 Å². The van der Waals surface area contributed by atoms with Gasteiger partial charge in [-0.1, -0.05) is 12.1 Å². The van der Waals surface area contributed by atoms with E-state index in [-0.39, 0.29) is 0 Å². The average Bonchev–Trinajstić information content (AvgIpc) is 2.91. The third kappa shape index (κ3) is 1.89. The van der Waals surface area contributed by atoms with Crippen molar-refractivity contribution in [2.24, 2.45) is 0 Å². The molecule has 1 aromatic carbocycles. The van der Waals surface area contributed by atoms with E-state index in [1.165, 1.54) is 37.1 Å². The van der Waals surface area contributed by atoms with Crippen LogP contribution in [-0.4, -0.2) is 26.2 Å². The molecule has 1 fully saturated rings. The minimum Gasteiger partial charge on any atom is -0.495 e. The summed E-state index contributed by atoms with van der Waals surface area (Å²) < 4.78 is 5.44. The minimum atomic E-state index is 0.642. The Labute approximate surface area is 103 Å². The first-order valence-corrected chi connectivity index (χ1v) is 6.54. The van der Waals surface area contributed by atoms with Gasteiger partial charge in [0.1, 0.15) is 5.75 Å². The van der Waals surface area contributed by atoms with Crippen molar-refractivity contribution in [3.05, 3.63) is 23.8 Å². The van der Waals surface area contributed by atoms with Crippen LogP contribution in [0.25, 0.3) is 0 Å². The number of hydrogen-bond donors (Lipinski definition) is 2. The second-order valence-electron chi connectivity index (χ2n) is 4.95. The Kier molecular flexibility index (Phi) is 2.93. The van der Waals surface area contributed by atoms with Crippen molar-refractivity contribution in [1.82, 2.24) is 5.32 Å². The predicted octanol–water partition coefficient (Wildman–Crippen LogP) is 2.35. The molecule has 2 unspecified atom stereocenters. The van der Waals surface area contributed by atoms with Crippen molar-refractivity contribution in [3.63, 3.8) is 0 Å². The lowest BCUT2D eigenvalue weighted by Gasteiger charge is -2.32. The van der Waals surface area contributed by atoms with E-state index in [1.54, 1.807) is 7.11 Å². The summed E-state index contributed by atoms with van der Waals surface area (Å²) in [6.07, 6.45) is 3.84. The van der Waals surface area contributed by atoms with Crippen LogP contribution in [0.2, 0.25) is 0 Å². The molecule has 2 aliphatic heterocycles. The molecule has 1 aromatic rings. The predicted molar refractivity (Wildman–Crippen MR) is 69.9 cm³/mol. The fourth-order valence-corrected chi connectivity index (χ4v) is 3.20. The van der Waals surface area contributed by atoms with E-state index in [4.69, 9.17) is 4.74 Å². The molecule has 0 aliphatic carbocycles. The molecule has 2 atom stereocenters. The smallest absolute Gasteiger partial charge is 0.142 e. The quantitative estimate of drug-likeness (QED) is 0.821. The summed E-state index contributed by atoms with van der Waals surface area (Å²) in [6, 6.07) is 7.04. The average molecular weight is 232 g/mol. The Morgan fingerprint density at radius 2 is 2.18 bits per heavy atom. The highest BCUT2D eigenvalue weighted by Crippen LogP contribution is 2.40. The number of benzene rings is 1. The highest BCUT2D eigenvalue weighted by molar-refractivity contribution is 5.65. The normalized spacial score (nSPS) is 27.4. The van der Waals surface area contributed by atoms with Crippen molar-refractivity contribution >= 4 is 5.69 Å². The van der Waals surface area contributed by atoms with Crippen LogP contribution < -0.4 is 15.4 Å². The maximum atomic E-state index is 5.44. The van der Waals surface area contributed by atoms with Gasteiger partial charge in [-0.3, -0.25) is 0 Å². The van der Waals surface area contributed by atoms with Crippen molar-refractivity contribution in [2.75, 3.05) is 25.5 Å². The summed E-state index contributed by atoms with van der Waals surface area (Å²) in [7, 11) is 1.74. The van der Waals surface area contributed by atoms with Gasteiger partial charge in [0.15, 0.2) is 0 Å². The first-order chi connectivity index (χ1) is 8.40. The first-order valence-electron chi connectivity index (χ1n) is 6.54. The van der Waals surface area contributed by atoms with Gasteiger partial charge in [0.05, 0.1) is 12.8 Å². The van der Waals surface area contributed by atoms with Gasteiger partial charge >= 0.3 is 0 Å². The molecular formula is C14H20N2O. The molecule has 0 aromatic heterocycles. The highest BCUT2D eigenvalue weighted by Gasteiger charge is 2.30. The molecule has 0 saturated carbocycles. The molecular weight excluding hydrogens is 212 g/mol. The van der Waals surface area contributed by atoms with Crippen LogP contribution in [-0.2, 0) is 0 Å². The molecule has 0 spiro atoms. The van der Waals surface area contributed by atoms with Gasteiger partial charge in [0.2, 0.25) is 0 Å². The van der Waals surface area contributed by atoms with Crippen molar-refractivity contribution < 1.29 is 4.74 Å². The number of para-hydroxylation sites is 1. The Morgan fingerprint density at radius 3 is 2.94 bits per heavy atom. The lowest BCUT2D eigenvalue weighted by atomic mass is 9.84. The van der Waals surface area contributed by atoms with Crippen molar-refractivity contribution in [2.45, 2.75) is 31.2 Å². The van der Waals surface area contributed by atoms with Crippen molar-refractivity contribution in [3.8, 4) is 5.75 Å². The lowest BCUT2D eigenvalue weighted by molar-refractivity contribution is 0.410. The second kappa shape index (κ2) is 4.57. The Hall–Kier alpha value is -1.22. The van der Waals surface area contributed by atoms with Gasteiger partial charge in [0.25, 0.3) is 0 Å². The highest BCUT2D eigenvalue weighted by atomic mass is 16.5. The molecule has 0 amide bonds. The number of hydrogen-bond acceptors (Lipinski definition) is 3. The van der Waals surface area contributed by atoms with E-state index in [9.17, 15) is 0 Å². The fourth-order valence-electron chi connectivity index (χ4n) is 3.20. The topological polar surface area (TPSA) is 33.3 Å². The van der Waals surface area contributed by atoms with Gasteiger partial charge < -0.3 is 15.4 Å². The molecule has 2 N–H and O–H groups in total. The number of rotatable bonds is 2. The standard InChI is InChI=1S/C14H20N2O/c1-17-13-6-2-4-11-10(7-9-16-14(11)13)12-5-3-8-15-12/h2,4,6,10,12,15-16H,3,5,7-9H2,1H3. The molecule has 92 valence electrons. The molecule has 0 radical (unpaired) electrons. The van der Waals surface area contributed by atoms with E-state index >= 15 is 0 Å². The lowest BCUT2D eigenvalue weighted by Crippen LogP contribution is -2.33. The number of fused-ring (bicyclic) bond motifs is 1. The maximum absolute atomic E-state index is 5.44. The summed E-state index contributed by atoms with van der Waals surface area (Å²) in [5.41, 5.74) is 2.63. The fraction of sp³-hybridized carbons (Fsp3) is 0.571. The van der Waals surface area contributed by atoms with Gasteiger partial charge in [0, 0.05) is 18.5 Å². The van der Waals surface area contributed by atoms with Crippen LogP contribution in [0.4, 0.5) is 5.69 Å². The Balaban J connectivity index is 1.95. The molecule has 2 aliphatic rings. The summed E-state index contributed by atoms with van der Waals surface area (Å²) in [4.78, 5) is 0. The molecule has 3 nitrogen and oxygen atoms in total. The van der Waals surface area contributed by atoms with E-state index in [1.807, 2.05) is 6.07 Å². The molecule has 17 heavy (non-hydrogen) atoms. The third-order valence-corrected chi connectivity index (χ3v) is 4.02. The number of anilines is 1. The minimum absolute atomic E-state index is 0.642. The number of ether oxygens (including phenoxy) is 1. The largest absolute Gasteiger partial charge is 0.495 e. The van der Waals surface area contributed by atoms with Crippen LogP contribution in [0, 0.1) is 0 Å². The summed E-state index contributed by atoms with van der Waals surface area (Å²) in [5, 5.41) is 7.12. The summed E-state index contributed by atoms with van der Waals surface area (Å²) in [5.74, 6) is 1.62. The number of nitrogens with one attached hydrogen (secondary N) is 2.